The summed E-state index contributed by atoms with van der Waals surface area (Å²) in [6.07, 6.45) is 0. The quantitative estimate of drug-likeness (QED) is 0.360. The molecule has 2 atom stereocenters. The minimum atomic E-state index is 0.387. The lowest BCUT2D eigenvalue weighted by atomic mass is 10.4. The molecule has 0 amide bonds. The highest BCUT2D eigenvalue weighted by atomic mass is 16.3. The summed E-state index contributed by atoms with van der Waals surface area (Å²) in [5.74, 6) is 0. The first kappa shape index (κ1) is 4.56. The van der Waals surface area contributed by atoms with Gasteiger partial charge in [0, 0.05) is 0 Å². The zero-order valence-electron chi connectivity index (χ0n) is 4.46. The molecule has 0 N–H and O–H groups in total. The fourth-order valence-electron chi connectivity index (χ4n) is 0.633. The first-order valence-corrected chi connectivity index (χ1v) is 2.39. The summed E-state index contributed by atoms with van der Waals surface area (Å²) in [5.41, 5.74) is 0. The molecule has 1 heterocycles. The van der Waals surface area contributed by atoms with Crippen molar-refractivity contribution in [3.05, 3.63) is 4.91 Å². The van der Waals surface area contributed by atoms with Gasteiger partial charge in [-0.25, -0.2) is 0 Å². The molecule has 7 heavy (non-hydrogen) atoms. The van der Waals surface area contributed by atoms with Crippen molar-refractivity contribution in [2.24, 2.45) is 5.29 Å². The van der Waals surface area contributed by atoms with Crippen LogP contribution in [0.25, 0.3) is 0 Å². The molecule has 1 fully saturated rings. The van der Waals surface area contributed by atoms with Gasteiger partial charge in [0.2, 0.25) is 0 Å². The Kier molecular flexibility index (Phi) is 0.770. The topological polar surface area (TPSA) is 32.4 Å². The molecule has 3 nitrogen and oxygen atoms in total. The average molecular weight is 100 g/mol. The first-order valence-electron chi connectivity index (χ1n) is 2.39. The summed E-state index contributed by atoms with van der Waals surface area (Å²) < 4.78 is 0. The molecule has 0 aromatic heterocycles. The second-order valence-corrected chi connectivity index (χ2v) is 1.94. The maximum atomic E-state index is 9.66. The number of hydrogen-bond acceptors (Lipinski definition) is 2. The zero-order chi connectivity index (χ0) is 5.44. The van der Waals surface area contributed by atoms with Gasteiger partial charge in [0.05, 0.1) is 17.4 Å². The van der Waals surface area contributed by atoms with Crippen LogP contribution in [0.3, 0.4) is 0 Å². The highest BCUT2D eigenvalue weighted by Gasteiger charge is 2.40. The first-order chi connectivity index (χ1) is 3.27. The standard InChI is InChI=1S/C4H8N2O/c1-3-4(2)6(3)5-7/h3-4H,1-2H3. The van der Waals surface area contributed by atoms with Crippen molar-refractivity contribution in [3.8, 4) is 0 Å². The smallest absolute Gasteiger partial charge is 0.0697 e. The lowest BCUT2D eigenvalue weighted by Gasteiger charge is -1.78. The number of rotatable bonds is 1. The van der Waals surface area contributed by atoms with Gasteiger partial charge in [0.1, 0.15) is 0 Å². The van der Waals surface area contributed by atoms with Gasteiger partial charge in [-0.1, -0.05) is 0 Å². The summed E-state index contributed by atoms with van der Waals surface area (Å²) in [7, 11) is 0. The molecular formula is C4H8N2O. The van der Waals surface area contributed by atoms with Gasteiger partial charge in [-0.3, -0.25) is 5.01 Å². The van der Waals surface area contributed by atoms with Crippen LogP contribution in [-0.2, 0) is 0 Å². The maximum Gasteiger partial charge on any atom is 0.0697 e. The maximum absolute atomic E-state index is 9.66. The minimum Gasteiger partial charge on any atom is -0.251 e. The normalized spacial score (nSPS) is 38.3. The molecule has 0 radical (unpaired) electrons. The van der Waals surface area contributed by atoms with Gasteiger partial charge in [-0.15, -0.1) is 4.91 Å². The van der Waals surface area contributed by atoms with Gasteiger partial charge < -0.3 is 0 Å². The van der Waals surface area contributed by atoms with Gasteiger partial charge in [0.15, 0.2) is 0 Å². The predicted octanol–water partition coefficient (Wildman–Crippen LogP) is 0.760. The summed E-state index contributed by atoms with van der Waals surface area (Å²) in [6, 6.07) is 0.773. The fourth-order valence-corrected chi connectivity index (χ4v) is 0.633. The summed E-state index contributed by atoms with van der Waals surface area (Å²) in [4.78, 5) is 9.66. The van der Waals surface area contributed by atoms with Crippen LogP contribution in [0.2, 0.25) is 0 Å². The summed E-state index contributed by atoms with van der Waals surface area (Å²) >= 11 is 0. The van der Waals surface area contributed by atoms with Gasteiger partial charge in [-0.2, -0.15) is 0 Å². The van der Waals surface area contributed by atoms with Crippen molar-refractivity contribution in [1.29, 1.82) is 0 Å². The number of hydrogen-bond donors (Lipinski definition) is 0. The van der Waals surface area contributed by atoms with E-state index in [1.54, 1.807) is 0 Å². The van der Waals surface area contributed by atoms with Crippen molar-refractivity contribution >= 4 is 0 Å². The lowest BCUT2D eigenvalue weighted by molar-refractivity contribution is 0.522. The Balaban J connectivity index is 2.37. The Labute approximate surface area is 42.3 Å². The molecule has 0 bridgehead atoms. The van der Waals surface area contributed by atoms with Crippen LogP contribution in [0.1, 0.15) is 13.8 Å². The van der Waals surface area contributed by atoms with E-state index in [9.17, 15) is 4.91 Å². The Morgan fingerprint density at radius 1 is 1.43 bits per heavy atom. The van der Waals surface area contributed by atoms with Crippen LogP contribution in [0.5, 0.6) is 0 Å². The Bertz CT molecular complexity index is 85.7. The molecule has 0 spiro atoms. The third-order valence-corrected chi connectivity index (χ3v) is 1.54. The van der Waals surface area contributed by atoms with Crippen molar-refractivity contribution in [1.82, 2.24) is 5.01 Å². The van der Waals surface area contributed by atoms with Gasteiger partial charge >= 0.3 is 0 Å². The van der Waals surface area contributed by atoms with Crippen LogP contribution in [0, 0.1) is 4.91 Å². The predicted molar refractivity (Wildman–Crippen MR) is 26.6 cm³/mol. The summed E-state index contributed by atoms with van der Waals surface area (Å²) in [5, 5.41) is 4.27. The van der Waals surface area contributed by atoms with Crippen molar-refractivity contribution in [3.63, 3.8) is 0 Å². The van der Waals surface area contributed by atoms with E-state index >= 15 is 0 Å². The molecule has 0 aromatic rings. The Morgan fingerprint density at radius 3 is 1.86 bits per heavy atom. The van der Waals surface area contributed by atoms with Crippen molar-refractivity contribution in [2.75, 3.05) is 0 Å². The number of nitrogens with zero attached hydrogens (tertiary/aromatic N) is 2. The van der Waals surface area contributed by atoms with Crippen LogP contribution < -0.4 is 0 Å². The molecule has 3 heteroatoms. The highest BCUT2D eigenvalue weighted by molar-refractivity contribution is 4.91. The van der Waals surface area contributed by atoms with E-state index in [1.807, 2.05) is 13.8 Å². The van der Waals surface area contributed by atoms with E-state index in [2.05, 4.69) is 5.29 Å². The summed E-state index contributed by atoms with van der Waals surface area (Å²) in [6.45, 7) is 3.96. The van der Waals surface area contributed by atoms with E-state index in [4.69, 9.17) is 0 Å². The molecule has 1 saturated heterocycles. The SMILES string of the molecule is CC1C(C)N1N=O. The second-order valence-electron chi connectivity index (χ2n) is 1.94. The minimum absolute atomic E-state index is 0.387. The van der Waals surface area contributed by atoms with E-state index in [0.717, 1.165) is 0 Å². The Morgan fingerprint density at radius 2 is 1.86 bits per heavy atom. The molecule has 1 rings (SSSR count). The molecule has 0 aromatic carbocycles. The third kappa shape index (κ3) is 0.480. The van der Waals surface area contributed by atoms with Gasteiger partial charge in [-0.05, 0) is 13.8 Å². The Hall–Kier alpha value is -0.600. The van der Waals surface area contributed by atoms with E-state index in [0.29, 0.717) is 12.1 Å². The van der Waals surface area contributed by atoms with Crippen LogP contribution in [0.4, 0.5) is 0 Å². The molecule has 1 aliphatic heterocycles. The van der Waals surface area contributed by atoms with E-state index < -0.39 is 0 Å². The van der Waals surface area contributed by atoms with Crippen LogP contribution >= 0.6 is 0 Å². The van der Waals surface area contributed by atoms with Crippen LogP contribution in [0.15, 0.2) is 5.29 Å². The molecule has 40 valence electrons. The largest absolute Gasteiger partial charge is 0.251 e. The monoisotopic (exact) mass is 100 g/mol. The number of nitroso groups, excluding NO2 is 1. The third-order valence-electron chi connectivity index (χ3n) is 1.54. The molecule has 0 aliphatic carbocycles. The molecule has 2 unspecified atom stereocenters. The second kappa shape index (κ2) is 1.18. The zero-order valence-corrected chi connectivity index (χ0v) is 4.46. The lowest BCUT2D eigenvalue weighted by Crippen LogP contribution is -1.83. The van der Waals surface area contributed by atoms with E-state index in [-0.39, 0.29) is 0 Å². The van der Waals surface area contributed by atoms with Crippen LogP contribution in [-0.4, -0.2) is 17.1 Å². The van der Waals surface area contributed by atoms with Crippen molar-refractivity contribution < 1.29 is 0 Å². The fraction of sp³-hybridized carbons (Fsp3) is 1.00. The van der Waals surface area contributed by atoms with Gasteiger partial charge in [0.25, 0.3) is 0 Å². The van der Waals surface area contributed by atoms with E-state index in [1.165, 1.54) is 5.01 Å². The highest BCUT2D eigenvalue weighted by Crippen LogP contribution is 2.26. The molecule has 1 aliphatic rings. The molecular weight excluding hydrogens is 92.1 g/mol. The average Bonchev–Trinajstić information content (AvgIpc) is 2.17. The van der Waals surface area contributed by atoms with Crippen molar-refractivity contribution in [2.45, 2.75) is 25.9 Å². The molecule has 0 saturated carbocycles.